The van der Waals surface area contributed by atoms with Gasteiger partial charge in [-0.2, -0.15) is 0 Å². The molecule has 2 nitrogen and oxygen atoms in total. The van der Waals surface area contributed by atoms with Gasteiger partial charge in [-0.15, -0.1) is 0 Å². The van der Waals surface area contributed by atoms with Gasteiger partial charge in [0.05, 0.1) is 15.1 Å². The Morgan fingerprint density at radius 2 is 1.65 bits per heavy atom. The van der Waals surface area contributed by atoms with Crippen molar-refractivity contribution < 1.29 is 4.74 Å². The molecule has 0 aliphatic heterocycles. The molecule has 0 spiro atoms. The lowest BCUT2D eigenvalue weighted by atomic mass is 10.1. The Bertz CT molecular complexity index is 629. The fourth-order valence-corrected chi connectivity index (χ4v) is 2.34. The number of aryl methyl sites for hydroxylation is 1. The highest BCUT2D eigenvalue weighted by molar-refractivity contribution is 6.43. The Morgan fingerprint density at radius 1 is 0.950 bits per heavy atom. The van der Waals surface area contributed by atoms with Crippen molar-refractivity contribution in [1.29, 1.82) is 0 Å². The van der Waals surface area contributed by atoms with Crippen LogP contribution in [0, 0.1) is 6.92 Å². The lowest BCUT2D eigenvalue weighted by molar-refractivity contribution is 0.478. The van der Waals surface area contributed by atoms with Crippen LogP contribution in [0.15, 0.2) is 30.3 Å². The third kappa shape index (κ3) is 3.58. The van der Waals surface area contributed by atoms with Crippen LogP contribution in [0.1, 0.15) is 11.1 Å². The van der Waals surface area contributed by atoms with Crippen molar-refractivity contribution in [3.05, 3.63) is 56.5 Å². The molecule has 106 valence electrons. The standard InChI is InChI=1S/C15H14Cl3NO/c1-9-3-4-10(8-19-2)5-14(9)20-15-7-12(17)11(16)6-13(15)18/h3-7,19H,8H2,1-2H3. The van der Waals surface area contributed by atoms with Gasteiger partial charge < -0.3 is 10.1 Å². The summed E-state index contributed by atoms with van der Waals surface area (Å²) in [6.07, 6.45) is 0. The van der Waals surface area contributed by atoms with E-state index in [1.807, 2.05) is 26.1 Å². The van der Waals surface area contributed by atoms with E-state index in [0.717, 1.165) is 23.4 Å². The molecule has 2 aromatic rings. The van der Waals surface area contributed by atoms with E-state index in [9.17, 15) is 0 Å². The van der Waals surface area contributed by atoms with Crippen LogP contribution in [0.5, 0.6) is 11.5 Å². The molecule has 20 heavy (non-hydrogen) atoms. The van der Waals surface area contributed by atoms with Crippen LogP contribution >= 0.6 is 34.8 Å². The van der Waals surface area contributed by atoms with Gasteiger partial charge in [-0.05, 0) is 37.2 Å². The molecule has 0 unspecified atom stereocenters. The molecule has 0 aromatic heterocycles. The predicted molar refractivity (Wildman–Crippen MR) is 85.5 cm³/mol. The van der Waals surface area contributed by atoms with Crippen LogP contribution < -0.4 is 10.1 Å². The number of hydrogen-bond acceptors (Lipinski definition) is 2. The number of hydrogen-bond donors (Lipinski definition) is 1. The van der Waals surface area contributed by atoms with Gasteiger partial charge in [0, 0.05) is 12.6 Å². The minimum Gasteiger partial charge on any atom is -0.455 e. The number of halogens is 3. The average Bonchev–Trinajstić information content (AvgIpc) is 2.40. The first-order valence-electron chi connectivity index (χ1n) is 6.08. The van der Waals surface area contributed by atoms with Gasteiger partial charge in [-0.1, -0.05) is 46.9 Å². The fraction of sp³-hybridized carbons (Fsp3) is 0.200. The molecule has 2 aromatic carbocycles. The molecule has 0 amide bonds. The molecular weight excluding hydrogens is 317 g/mol. The minimum atomic E-state index is 0.407. The van der Waals surface area contributed by atoms with Crippen LogP contribution in [-0.2, 0) is 6.54 Å². The van der Waals surface area contributed by atoms with Gasteiger partial charge in [0.15, 0.2) is 0 Å². The van der Waals surface area contributed by atoms with Crippen LogP contribution in [-0.4, -0.2) is 7.05 Å². The lowest BCUT2D eigenvalue weighted by Crippen LogP contribution is -2.05. The maximum Gasteiger partial charge on any atom is 0.147 e. The predicted octanol–water partition coefficient (Wildman–Crippen LogP) is 5.47. The van der Waals surface area contributed by atoms with Gasteiger partial charge >= 0.3 is 0 Å². The van der Waals surface area contributed by atoms with Crippen molar-refractivity contribution in [3.8, 4) is 11.5 Å². The molecule has 2 rings (SSSR count). The monoisotopic (exact) mass is 329 g/mol. The lowest BCUT2D eigenvalue weighted by Gasteiger charge is -2.12. The first kappa shape index (κ1) is 15.5. The Labute approximate surface area is 133 Å². The molecule has 0 radical (unpaired) electrons. The van der Waals surface area contributed by atoms with Crippen molar-refractivity contribution in [1.82, 2.24) is 5.32 Å². The third-order valence-corrected chi connectivity index (χ3v) is 3.85. The SMILES string of the molecule is CNCc1ccc(C)c(Oc2cc(Cl)c(Cl)cc2Cl)c1. The summed E-state index contributed by atoms with van der Waals surface area (Å²) in [5, 5.41) is 4.35. The third-order valence-electron chi connectivity index (χ3n) is 2.83. The summed E-state index contributed by atoms with van der Waals surface area (Å²) in [5.74, 6) is 1.24. The molecule has 0 atom stereocenters. The van der Waals surface area contributed by atoms with Gasteiger partial charge in [-0.3, -0.25) is 0 Å². The van der Waals surface area contributed by atoms with Crippen LogP contribution in [0.2, 0.25) is 15.1 Å². The van der Waals surface area contributed by atoms with Gasteiger partial charge in [0.25, 0.3) is 0 Å². The van der Waals surface area contributed by atoms with E-state index in [2.05, 4.69) is 11.4 Å². The van der Waals surface area contributed by atoms with Crippen molar-refractivity contribution in [2.75, 3.05) is 7.05 Å². The van der Waals surface area contributed by atoms with Gasteiger partial charge in [0.2, 0.25) is 0 Å². The van der Waals surface area contributed by atoms with Gasteiger partial charge in [0.1, 0.15) is 11.5 Å². The molecule has 0 bridgehead atoms. The first-order valence-corrected chi connectivity index (χ1v) is 7.21. The quantitative estimate of drug-likeness (QED) is 0.751. The zero-order chi connectivity index (χ0) is 14.7. The molecule has 0 aliphatic carbocycles. The average molecular weight is 331 g/mol. The van der Waals surface area contributed by atoms with E-state index >= 15 is 0 Å². The van der Waals surface area contributed by atoms with Crippen LogP contribution in [0.3, 0.4) is 0 Å². The summed E-state index contributed by atoms with van der Waals surface area (Å²) in [7, 11) is 1.90. The second kappa shape index (κ2) is 6.68. The maximum atomic E-state index is 6.12. The zero-order valence-corrected chi connectivity index (χ0v) is 13.4. The topological polar surface area (TPSA) is 21.3 Å². The maximum absolute atomic E-state index is 6.12. The normalized spacial score (nSPS) is 10.7. The largest absolute Gasteiger partial charge is 0.455 e. The van der Waals surface area contributed by atoms with Crippen molar-refractivity contribution in [2.24, 2.45) is 0 Å². The smallest absolute Gasteiger partial charge is 0.147 e. The molecule has 0 fully saturated rings. The number of ether oxygens (including phenoxy) is 1. The summed E-state index contributed by atoms with van der Waals surface area (Å²) in [4.78, 5) is 0. The number of benzene rings is 2. The summed E-state index contributed by atoms with van der Waals surface area (Å²) < 4.78 is 5.86. The highest BCUT2D eigenvalue weighted by Gasteiger charge is 2.10. The van der Waals surface area contributed by atoms with E-state index in [0.29, 0.717) is 20.8 Å². The number of nitrogens with one attached hydrogen (secondary N) is 1. The molecule has 0 aliphatic rings. The summed E-state index contributed by atoms with van der Waals surface area (Å²) in [5.41, 5.74) is 2.15. The molecule has 0 heterocycles. The van der Waals surface area contributed by atoms with Crippen molar-refractivity contribution in [2.45, 2.75) is 13.5 Å². The first-order chi connectivity index (χ1) is 9.51. The molecule has 5 heteroatoms. The second-order valence-corrected chi connectivity index (χ2v) is 5.65. The number of rotatable bonds is 4. The zero-order valence-electron chi connectivity index (χ0n) is 11.1. The van der Waals surface area contributed by atoms with Crippen molar-refractivity contribution >= 4 is 34.8 Å². The highest BCUT2D eigenvalue weighted by Crippen LogP contribution is 2.37. The fourth-order valence-electron chi connectivity index (χ4n) is 1.77. The van der Waals surface area contributed by atoms with E-state index in [1.54, 1.807) is 12.1 Å². The Hall–Kier alpha value is -0.930. The minimum absolute atomic E-state index is 0.407. The van der Waals surface area contributed by atoms with Crippen molar-refractivity contribution in [3.63, 3.8) is 0 Å². The Kier molecular flexibility index (Phi) is 5.17. The summed E-state index contributed by atoms with van der Waals surface area (Å²) in [6.45, 7) is 2.75. The molecule has 0 saturated heterocycles. The summed E-state index contributed by atoms with van der Waals surface area (Å²) >= 11 is 18.0. The van der Waals surface area contributed by atoms with E-state index in [-0.39, 0.29) is 0 Å². The highest BCUT2D eigenvalue weighted by atomic mass is 35.5. The second-order valence-electron chi connectivity index (χ2n) is 4.43. The van der Waals surface area contributed by atoms with E-state index in [1.165, 1.54) is 0 Å². The van der Waals surface area contributed by atoms with E-state index in [4.69, 9.17) is 39.5 Å². The Balaban J connectivity index is 2.34. The Morgan fingerprint density at radius 3 is 2.35 bits per heavy atom. The molecule has 1 N–H and O–H groups in total. The summed E-state index contributed by atoms with van der Waals surface area (Å²) in [6, 6.07) is 9.23. The van der Waals surface area contributed by atoms with E-state index < -0.39 is 0 Å². The molecular formula is C15H14Cl3NO. The van der Waals surface area contributed by atoms with Gasteiger partial charge in [-0.25, -0.2) is 0 Å². The molecule has 0 saturated carbocycles. The van der Waals surface area contributed by atoms with Crippen LogP contribution in [0.25, 0.3) is 0 Å². The van der Waals surface area contributed by atoms with Crippen LogP contribution in [0.4, 0.5) is 0 Å².